The zero-order valence-electron chi connectivity index (χ0n) is 15.2. The highest BCUT2D eigenvalue weighted by Gasteiger charge is 2.31. The highest BCUT2D eigenvalue weighted by Crippen LogP contribution is 2.28. The van der Waals surface area contributed by atoms with Crippen LogP contribution in [0.2, 0.25) is 0 Å². The number of ether oxygens (including phenoxy) is 3. The van der Waals surface area contributed by atoms with Crippen molar-refractivity contribution in [2.75, 3.05) is 26.9 Å². The fourth-order valence-corrected chi connectivity index (χ4v) is 2.37. The highest BCUT2D eigenvalue weighted by atomic mass is 16.5. The maximum absolute atomic E-state index is 12.1. The van der Waals surface area contributed by atoms with Gasteiger partial charge in [-0.05, 0) is 38.0 Å². The maximum Gasteiger partial charge on any atom is 0.315 e. The average Bonchev–Trinajstić information content (AvgIpc) is 2.63. The van der Waals surface area contributed by atoms with Crippen LogP contribution in [0.25, 0.3) is 11.1 Å². The molecule has 0 saturated heterocycles. The summed E-state index contributed by atoms with van der Waals surface area (Å²) in [6.07, 6.45) is 1.77. The molecule has 1 heterocycles. The Morgan fingerprint density at radius 1 is 1.04 bits per heavy atom. The summed E-state index contributed by atoms with van der Waals surface area (Å²) in [6.45, 7) is 6.93. The van der Waals surface area contributed by atoms with Crippen LogP contribution in [-0.2, 0) is 19.7 Å². The van der Waals surface area contributed by atoms with E-state index in [4.69, 9.17) is 14.2 Å². The second-order valence-electron chi connectivity index (χ2n) is 6.15. The Labute approximate surface area is 148 Å². The van der Waals surface area contributed by atoms with E-state index in [0.29, 0.717) is 25.7 Å². The Morgan fingerprint density at radius 2 is 1.72 bits per heavy atom. The standard InChI is InChI=1S/C20H25NO4/c1-5-24-19(22)20(2,3)17-9-6-15(7-10-17)16-8-11-18(21-14-16)25-13-12-23-4/h6-11,14H,5,12-13H2,1-4H3. The quantitative estimate of drug-likeness (QED) is 0.541. The van der Waals surface area contributed by atoms with Crippen LogP contribution >= 0.6 is 0 Å². The number of carbonyl (C=O) groups excluding carboxylic acids is 1. The lowest BCUT2D eigenvalue weighted by Crippen LogP contribution is -2.31. The Balaban J connectivity index is 2.10. The molecule has 0 radical (unpaired) electrons. The zero-order valence-corrected chi connectivity index (χ0v) is 15.2. The number of nitrogens with zero attached hydrogens (tertiary/aromatic N) is 1. The molecule has 1 aromatic heterocycles. The van der Waals surface area contributed by atoms with Gasteiger partial charge in [0.1, 0.15) is 6.61 Å². The number of hydrogen-bond acceptors (Lipinski definition) is 5. The third-order valence-electron chi connectivity index (χ3n) is 4.00. The van der Waals surface area contributed by atoms with E-state index >= 15 is 0 Å². The van der Waals surface area contributed by atoms with Gasteiger partial charge in [-0.3, -0.25) is 4.79 Å². The Morgan fingerprint density at radius 3 is 2.28 bits per heavy atom. The van der Waals surface area contributed by atoms with Gasteiger partial charge in [0.05, 0.1) is 18.6 Å². The maximum atomic E-state index is 12.1. The molecule has 25 heavy (non-hydrogen) atoms. The van der Waals surface area contributed by atoms with E-state index in [1.54, 1.807) is 13.3 Å². The van der Waals surface area contributed by atoms with Crippen LogP contribution in [-0.4, -0.2) is 37.9 Å². The average molecular weight is 343 g/mol. The number of carbonyl (C=O) groups is 1. The van der Waals surface area contributed by atoms with E-state index in [1.165, 1.54) is 0 Å². The monoisotopic (exact) mass is 343 g/mol. The molecule has 0 atom stereocenters. The van der Waals surface area contributed by atoms with Gasteiger partial charge in [-0.1, -0.05) is 24.3 Å². The van der Waals surface area contributed by atoms with Crippen LogP contribution in [0.1, 0.15) is 26.3 Å². The predicted octanol–water partition coefficient (Wildman–Crippen LogP) is 3.61. The molecule has 2 rings (SSSR count). The van der Waals surface area contributed by atoms with E-state index < -0.39 is 5.41 Å². The van der Waals surface area contributed by atoms with E-state index in [1.807, 2.05) is 57.2 Å². The minimum Gasteiger partial charge on any atom is -0.475 e. The zero-order chi connectivity index (χ0) is 18.3. The minimum atomic E-state index is -0.675. The lowest BCUT2D eigenvalue weighted by Gasteiger charge is -2.23. The third kappa shape index (κ3) is 4.79. The van der Waals surface area contributed by atoms with Crippen molar-refractivity contribution in [3.63, 3.8) is 0 Å². The summed E-state index contributed by atoms with van der Waals surface area (Å²) in [5, 5.41) is 0. The normalized spacial score (nSPS) is 11.2. The number of rotatable bonds is 8. The topological polar surface area (TPSA) is 57.7 Å². The largest absolute Gasteiger partial charge is 0.475 e. The molecular formula is C20H25NO4. The molecule has 134 valence electrons. The summed E-state index contributed by atoms with van der Waals surface area (Å²) in [7, 11) is 1.63. The minimum absolute atomic E-state index is 0.220. The Bertz CT molecular complexity index is 678. The molecule has 5 nitrogen and oxygen atoms in total. The van der Waals surface area contributed by atoms with Gasteiger partial charge in [0, 0.05) is 24.9 Å². The molecule has 0 amide bonds. The van der Waals surface area contributed by atoms with Crippen molar-refractivity contribution in [3.8, 4) is 17.0 Å². The third-order valence-corrected chi connectivity index (χ3v) is 4.00. The first-order chi connectivity index (χ1) is 12.0. The van der Waals surface area contributed by atoms with Crippen molar-refractivity contribution in [1.29, 1.82) is 0 Å². The summed E-state index contributed by atoms with van der Waals surface area (Å²) in [5.41, 5.74) is 2.26. The van der Waals surface area contributed by atoms with E-state index in [2.05, 4.69) is 4.98 Å². The molecule has 5 heteroatoms. The van der Waals surface area contributed by atoms with Crippen LogP contribution in [0, 0.1) is 0 Å². The lowest BCUT2D eigenvalue weighted by atomic mass is 9.84. The predicted molar refractivity (Wildman–Crippen MR) is 96.7 cm³/mol. The van der Waals surface area contributed by atoms with E-state index in [9.17, 15) is 4.79 Å². The summed E-state index contributed by atoms with van der Waals surface area (Å²) in [6, 6.07) is 11.7. The van der Waals surface area contributed by atoms with Crippen molar-refractivity contribution >= 4 is 5.97 Å². The fraction of sp³-hybridized carbons (Fsp3) is 0.400. The fourth-order valence-electron chi connectivity index (χ4n) is 2.37. The molecule has 0 fully saturated rings. The molecule has 0 unspecified atom stereocenters. The molecule has 0 spiro atoms. The number of aromatic nitrogens is 1. The first-order valence-corrected chi connectivity index (χ1v) is 8.35. The SMILES string of the molecule is CCOC(=O)C(C)(C)c1ccc(-c2ccc(OCCOC)nc2)cc1. The van der Waals surface area contributed by atoms with Gasteiger partial charge in [0.2, 0.25) is 5.88 Å². The molecule has 2 aromatic rings. The van der Waals surface area contributed by atoms with Gasteiger partial charge >= 0.3 is 5.97 Å². The number of esters is 1. The molecule has 0 saturated carbocycles. The van der Waals surface area contributed by atoms with Crippen molar-refractivity contribution in [2.24, 2.45) is 0 Å². The molecule has 1 aromatic carbocycles. The smallest absolute Gasteiger partial charge is 0.315 e. The molecule has 0 aliphatic heterocycles. The van der Waals surface area contributed by atoms with Crippen LogP contribution < -0.4 is 4.74 Å². The van der Waals surface area contributed by atoms with Crippen LogP contribution in [0.5, 0.6) is 5.88 Å². The highest BCUT2D eigenvalue weighted by molar-refractivity contribution is 5.82. The van der Waals surface area contributed by atoms with Gasteiger partial charge in [-0.25, -0.2) is 4.98 Å². The lowest BCUT2D eigenvalue weighted by molar-refractivity contribution is -0.148. The summed E-state index contributed by atoms with van der Waals surface area (Å²) >= 11 is 0. The second-order valence-corrected chi connectivity index (χ2v) is 6.15. The van der Waals surface area contributed by atoms with Crippen molar-refractivity contribution < 1.29 is 19.0 Å². The van der Waals surface area contributed by atoms with Crippen molar-refractivity contribution in [3.05, 3.63) is 48.2 Å². The van der Waals surface area contributed by atoms with Crippen LogP contribution in [0.4, 0.5) is 0 Å². The van der Waals surface area contributed by atoms with Crippen molar-refractivity contribution in [1.82, 2.24) is 4.98 Å². The second kappa shape index (κ2) is 8.62. The van der Waals surface area contributed by atoms with Gasteiger partial charge < -0.3 is 14.2 Å². The first-order valence-electron chi connectivity index (χ1n) is 8.35. The Kier molecular flexibility index (Phi) is 6.53. The number of hydrogen-bond donors (Lipinski definition) is 0. The molecular weight excluding hydrogens is 318 g/mol. The van der Waals surface area contributed by atoms with Crippen LogP contribution in [0.3, 0.4) is 0 Å². The van der Waals surface area contributed by atoms with Gasteiger partial charge in [0.15, 0.2) is 0 Å². The van der Waals surface area contributed by atoms with Crippen molar-refractivity contribution in [2.45, 2.75) is 26.2 Å². The number of benzene rings is 1. The number of methoxy groups -OCH3 is 1. The summed E-state index contributed by atoms with van der Waals surface area (Å²) < 4.78 is 15.6. The molecule has 0 N–H and O–H groups in total. The number of pyridine rings is 1. The van der Waals surface area contributed by atoms with E-state index in [0.717, 1.165) is 16.7 Å². The van der Waals surface area contributed by atoms with E-state index in [-0.39, 0.29) is 5.97 Å². The molecule has 0 aliphatic rings. The van der Waals surface area contributed by atoms with Gasteiger partial charge in [0.25, 0.3) is 0 Å². The Hall–Kier alpha value is -2.40. The van der Waals surface area contributed by atoms with Crippen LogP contribution in [0.15, 0.2) is 42.6 Å². The molecule has 0 aliphatic carbocycles. The summed E-state index contributed by atoms with van der Waals surface area (Å²) in [5.74, 6) is 0.350. The van der Waals surface area contributed by atoms with Gasteiger partial charge in [-0.2, -0.15) is 0 Å². The molecule has 0 bridgehead atoms. The first kappa shape index (κ1) is 18.9. The van der Waals surface area contributed by atoms with Gasteiger partial charge in [-0.15, -0.1) is 0 Å². The summed E-state index contributed by atoms with van der Waals surface area (Å²) in [4.78, 5) is 16.4.